The summed E-state index contributed by atoms with van der Waals surface area (Å²) in [6.07, 6.45) is 0.434. The van der Waals surface area contributed by atoms with E-state index >= 15 is 0 Å². The summed E-state index contributed by atoms with van der Waals surface area (Å²) in [5.74, 6) is -0.467. The van der Waals surface area contributed by atoms with Crippen molar-refractivity contribution in [3.05, 3.63) is 59.4 Å². The Morgan fingerprint density at radius 2 is 2.04 bits per heavy atom. The molecule has 1 aliphatic heterocycles. The predicted molar refractivity (Wildman–Crippen MR) is 105 cm³/mol. The first-order valence-electron chi connectivity index (χ1n) is 9.26. The molecule has 0 aliphatic carbocycles. The van der Waals surface area contributed by atoms with E-state index in [0.29, 0.717) is 18.7 Å². The van der Waals surface area contributed by atoms with E-state index < -0.39 is 5.82 Å². The van der Waals surface area contributed by atoms with Crippen LogP contribution in [0, 0.1) is 17.1 Å². The third kappa shape index (κ3) is 5.78. The summed E-state index contributed by atoms with van der Waals surface area (Å²) < 4.78 is 18.5. The van der Waals surface area contributed by atoms with E-state index in [4.69, 9.17) is 10.00 Å². The number of carbonyl (C=O) groups excluding carboxylic acids is 1. The highest BCUT2D eigenvalue weighted by Gasteiger charge is 2.12. The third-order valence-corrected chi connectivity index (χ3v) is 4.55. The zero-order valence-electron chi connectivity index (χ0n) is 15.6. The number of hydrogen-bond acceptors (Lipinski definition) is 5. The second-order valence-corrected chi connectivity index (χ2v) is 6.61. The molecule has 2 N–H and O–H groups in total. The lowest BCUT2D eigenvalue weighted by Crippen LogP contribution is -2.38. The molecule has 2 aromatic carbocycles. The van der Waals surface area contributed by atoms with Crippen LogP contribution >= 0.6 is 0 Å². The van der Waals surface area contributed by atoms with Gasteiger partial charge < -0.3 is 15.4 Å². The van der Waals surface area contributed by atoms with Crippen LogP contribution in [0.1, 0.15) is 17.5 Å². The molecule has 0 bridgehead atoms. The van der Waals surface area contributed by atoms with Crippen LogP contribution in [0.2, 0.25) is 0 Å². The molecule has 0 radical (unpaired) electrons. The van der Waals surface area contributed by atoms with Gasteiger partial charge in [0, 0.05) is 38.3 Å². The van der Waals surface area contributed by atoms with Crippen LogP contribution in [0.4, 0.5) is 15.8 Å². The van der Waals surface area contributed by atoms with Gasteiger partial charge in [0.1, 0.15) is 11.9 Å². The number of halogens is 1. The van der Waals surface area contributed by atoms with Gasteiger partial charge in [0.2, 0.25) is 5.91 Å². The van der Waals surface area contributed by atoms with Crippen molar-refractivity contribution in [2.24, 2.45) is 0 Å². The van der Waals surface area contributed by atoms with Crippen molar-refractivity contribution >= 4 is 17.3 Å². The monoisotopic (exact) mass is 382 g/mol. The Kier molecular flexibility index (Phi) is 6.95. The number of nitriles is 1. The first kappa shape index (κ1) is 19.8. The molecular weight excluding hydrogens is 359 g/mol. The van der Waals surface area contributed by atoms with Gasteiger partial charge in [-0.3, -0.25) is 9.69 Å². The van der Waals surface area contributed by atoms with Gasteiger partial charge in [-0.25, -0.2) is 4.39 Å². The normalized spacial score (nSPS) is 14.3. The molecule has 1 saturated heterocycles. The molecule has 28 heavy (non-hydrogen) atoms. The van der Waals surface area contributed by atoms with Crippen molar-refractivity contribution in [3.8, 4) is 6.07 Å². The van der Waals surface area contributed by atoms with Crippen molar-refractivity contribution < 1.29 is 13.9 Å². The summed E-state index contributed by atoms with van der Waals surface area (Å²) in [4.78, 5) is 14.4. The first-order valence-corrected chi connectivity index (χ1v) is 9.26. The number of hydrogen-bond donors (Lipinski definition) is 2. The molecule has 0 aromatic heterocycles. The number of rotatable bonds is 7. The molecule has 3 rings (SSSR count). The molecule has 1 amide bonds. The molecule has 1 aliphatic rings. The van der Waals surface area contributed by atoms with Crippen LogP contribution in [0.25, 0.3) is 0 Å². The number of amides is 1. The second kappa shape index (κ2) is 9.83. The van der Waals surface area contributed by atoms with Crippen molar-refractivity contribution in [2.45, 2.75) is 13.0 Å². The molecule has 7 heteroatoms. The average Bonchev–Trinajstić information content (AvgIpc) is 2.72. The van der Waals surface area contributed by atoms with Gasteiger partial charge in [-0.05, 0) is 35.9 Å². The molecule has 146 valence electrons. The zero-order chi connectivity index (χ0) is 19.8. The smallest absolute Gasteiger partial charge is 0.225 e. The molecule has 1 fully saturated rings. The van der Waals surface area contributed by atoms with Crippen LogP contribution in [-0.4, -0.2) is 43.7 Å². The fraction of sp³-hybridized carbons (Fsp3) is 0.333. The minimum atomic E-state index is -0.441. The van der Waals surface area contributed by atoms with Gasteiger partial charge in [-0.1, -0.05) is 12.1 Å². The maximum Gasteiger partial charge on any atom is 0.225 e. The highest BCUT2D eigenvalue weighted by atomic mass is 19.1. The van der Waals surface area contributed by atoms with Crippen molar-refractivity contribution in [1.29, 1.82) is 5.26 Å². The Bertz CT molecular complexity index is 860. The SMILES string of the molecule is N#Cc1cc(F)ccc1NCc1cccc(NC(=O)CCN2CCOCC2)c1. The summed E-state index contributed by atoms with van der Waals surface area (Å²) in [5, 5.41) is 15.2. The largest absolute Gasteiger partial charge is 0.380 e. The fourth-order valence-electron chi connectivity index (χ4n) is 3.03. The molecule has 0 saturated carbocycles. The van der Waals surface area contributed by atoms with Crippen LogP contribution in [0.5, 0.6) is 0 Å². The molecule has 2 aromatic rings. The highest BCUT2D eigenvalue weighted by Crippen LogP contribution is 2.18. The quantitative estimate of drug-likeness (QED) is 0.770. The Morgan fingerprint density at radius 1 is 1.21 bits per heavy atom. The van der Waals surface area contributed by atoms with Gasteiger partial charge in [-0.15, -0.1) is 0 Å². The summed E-state index contributed by atoms with van der Waals surface area (Å²) in [6.45, 7) is 4.34. The number of nitrogens with one attached hydrogen (secondary N) is 2. The summed E-state index contributed by atoms with van der Waals surface area (Å²) in [6, 6.07) is 13.6. The second-order valence-electron chi connectivity index (χ2n) is 6.61. The molecule has 6 nitrogen and oxygen atoms in total. The van der Waals surface area contributed by atoms with Gasteiger partial charge in [0.05, 0.1) is 24.5 Å². The average molecular weight is 382 g/mol. The summed E-state index contributed by atoms with van der Waals surface area (Å²) in [7, 11) is 0. The maximum atomic E-state index is 13.2. The molecular formula is C21H23FN4O2. The molecule has 1 heterocycles. The Balaban J connectivity index is 1.52. The van der Waals surface area contributed by atoms with Crippen LogP contribution in [-0.2, 0) is 16.1 Å². The van der Waals surface area contributed by atoms with E-state index in [9.17, 15) is 9.18 Å². The van der Waals surface area contributed by atoms with Crippen LogP contribution in [0.15, 0.2) is 42.5 Å². The lowest BCUT2D eigenvalue weighted by atomic mass is 10.1. The minimum absolute atomic E-state index is 0.0260. The Morgan fingerprint density at radius 3 is 2.82 bits per heavy atom. The molecule has 0 atom stereocenters. The number of ether oxygens (including phenoxy) is 1. The minimum Gasteiger partial charge on any atom is -0.380 e. The van der Waals surface area contributed by atoms with Crippen LogP contribution in [0.3, 0.4) is 0 Å². The van der Waals surface area contributed by atoms with Gasteiger partial charge in [0.15, 0.2) is 0 Å². The highest BCUT2D eigenvalue weighted by molar-refractivity contribution is 5.90. The third-order valence-electron chi connectivity index (χ3n) is 4.55. The first-order chi connectivity index (χ1) is 13.6. The van der Waals surface area contributed by atoms with Crippen molar-refractivity contribution in [3.63, 3.8) is 0 Å². The molecule has 0 unspecified atom stereocenters. The van der Waals surface area contributed by atoms with Gasteiger partial charge in [0.25, 0.3) is 0 Å². The predicted octanol–water partition coefficient (Wildman–Crippen LogP) is 2.97. The van der Waals surface area contributed by atoms with Crippen molar-refractivity contribution in [2.75, 3.05) is 43.5 Å². The van der Waals surface area contributed by atoms with E-state index in [0.717, 1.165) is 44.1 Å². The van der Waals surface area contributed by atoms with Crippen molar-refractivity contribution in [1.82, 2.24) is 4.90 Å². The van der Waals surface area contributed by atoms with E-state index in [1.54, 1.807) is 6.07 Å². The number of carbonyl (C=O) groups is 1. The number of morpholine rings is 1. The zero-order valence-corrected chi connectivity index (χ0v) is 15.6. The number of anilines is 2. The Labute approximate surface area is 163 Å². The Hall–Kier alpha value is -2.95. The van der Waals surface area contributed by atoms with E-state index in [-0.39, 0.29) is 11.5 Å². The summed E-state index contributed by atoms with van der Waals surface area (Å²) >= 11 is 0. The lowest BCUT2D eigenvalue weighted by Gasteiger charge is -2.26. The fourth-order valence-corrected chi connectivity index (χ4v) is 3.03. The maximum absolute atomic E-state index is 13.2. The van der Waals surface area contributed by atoms with E-state index in [1.807, 2.05) is 30.3 Å². The summed E-state index contributed by atoms with van der Waals surface area (Å²) in [5.41, 5.74) is 2.50. The van der Waals surface area contributed by atoms with Crippen LogP contribution < -0.4 is 10.6 Å². The van der Waals surface area contributed by atoms with Gasteiger partial charge >= 0.3 is 0 Å². The lowest BCUT2D eigenvalue weighted by molar-refractivity contribution is -0.116. The molecule has 0 spiro atoms. The van der Waals surface area contributed by atoms with Gasteiger partial charge in [-0.2, -0.15) is 5.26 Å². The van der Waals surface area contributed by atoms with E-state index in [2.05, 4.69) is 15.5 Å². The number of benzene rings is 2. The number of nitrogens with zero attached hydrogens (tertiary/aromatic N) is 2. The standard InChI is InChI=1S/C21H23FN4O2/c22-18-4-5-20(17(13-18)14-23)24-15-16-2-1-3-19(12-16)25-21(27)6-7-26-8-10-28-11-9-26/h1-5,12-13,24H,6-11,15H2,(H,25,27). The topological polar surface area (TPSA) is 77.4 Å². The van der Waals surface area contributed by atoms with E-state index in [1.165, 1.54) is 12.1 Å².